The number of alkyl halides is 3. The number of carbonyl (C=O) groups excluding carboxylic acids is 2. The first-order chi connectivity index (χ1) is 16.2. The van der Waals surface area contributed by atoms with Crippen LogP contribution < -0.4 is 5.32 Å². The Kier molecular flexibility index (Phi) is 6.55. The van der Waals surface area contributed by atoms with Gasteiger partial charge in [-0.3, -0.25) is 9.59 Å². The number of amides is 2. The summed E-state index contributed by atoms with van der Waals surface area (Å²) in [5, 5.41) is 9.87. The number of nitrogens with zero attached hydrogens (tertiary/aromatic N) is 4. The van der Waals surface area contributed by atoms with E-state index in [2.05, 4.69) is 15.6 Å². The number of carbonyl (C=O) groups is 2. The number of halogens is 4. The molecule has 2 heterocycles. The van der Waals surface area contributed by atoms with Gasteiger partial charge in [0.15, 0.2) is 0 Å². The van der Waals surface area contributed by atoms with E-state index in [4.69, 9.17) is 16.0 Å². The van der Waals surface area contributed by atoms with Crippen LogP contribution in [0.15, 0.2) is 65.3 Å². The van der Waals surface area contributed by atoms with E-state index in [1.807, 2.05) is 0 Å². The number of rotatable bonds is 7. The van der Waals surface area contributed by atoms with Gasteiger partial charge in [-0.2, -0.15) is 13.2 Å². The minimum atomic E-state index is -4.68. The molecule has 4 rings (SSSR count). The number of nitrogens with one attached hydrogen (secondary N) is 1. The van der Waals surface area contributed by atoms with E-state index in [1.54, 1.807) is 36.4 Å². The SMILES string of the molecule is O=C(CN(Cc1ccco1)C(=O)Cn1nnc2ccccc21)Nc1ccc(Cl)c(C(F)(F)F)c1. The van der Waals surface area contributed by atoms with Crippen molar-refractivity contribution < 1.29 is 27.2 Å². The second kappa shape index (κ2) is 9.56. The minimum absolute atomic E-state index is 0.0275. The standard InChI is InChI=1S/C22H17ClF3N5O3/c23-17-8-7-14(10-16(17)22(24,25)26)27-20(32)12-30(11-15-4-3-9-34-15)21(33)13-31-19-6-2-1-5-18(19)28-29-31/h1-10H,11-13H2,(H,27,32). The first kappa shape index (κ1) is 23.3. The van der Waals surface area contributed by atoms with Gasteiger partial charge in [-0.25, -0.2) is 4.68 Å². The molecule has 0 aliphatic rings. The third-order valence-electron chi connectivity index (χ3n) is 4.87. The Morgan fingerprint density at radius 3 is 2.65 bits per heavy atom. The zero-order valence-electron chi connectivity index (χ0n) is 17.4. The number of fused-ring (bicyclic) bond motifs is 1. The molecule has 34 heavy (non-hydrogen) atoms. The van der Waals surface area contributed by atoms with Crippen LogP contribution in [0, 0.1) is 0 Å². The Labute approximate surface area is 195 Å². The number of furan rings is 1. The van der Waals surface area contributed by atoms with Crippen molar-refractivity contribution in [3.8, 4) is 0 Å². The molecule has 0 aliphatic carbocycles. The van der Waals surface area contributed by atoms with E-state index in [0.29, 0.717) is 16.8 Å². The molecule has 1 N–H and O–H groups in total. The highest BCUT2D eigenvalue weighted by molar-refractivity contribution is 6.31. The van der Waals surface area contributed by atoms with Gasteiger partial charge < -0.3 is 14.6 Å². The lowest BCUT2D eigenvalue weighted by Crippen LogP contribution is -2.39. The first-order valence-corrected chi connectivity index (χ1v) is 10.3. The van der Waals surface area contributed by atoms with E-state index < -0.39 is 35.1 Å². The highest BCUT2D eigenvalue weighted by Gasteiger charge is 2.33. The predicted molar refractivity (Wildman–Crippen MR) is 117 cm³/mol. The van der Waals surface area contributed by atoms with Crippen LogP contribution in [0.3, 0.4) is 0 Å². The van der Waals surface area contributed by atoms with Crippen molar-refractivity contribution in [2.24, 2.45) is 0 Å². The van der Waals surface area contributed by atoms with Gasteiger partial charge in [0.25, 0.3) is 0 Å². The summed E-state index contributed by atoms with van der Waals surface area (Å²) in [6, 6.07) is 13.4. The van der Waals surface area contributed by atoms with E-state index in [9.17, 15) is 22.8 Å². The normalized spacial score (nSPS) is 11.5. The number of para-hydroxylation sites is 1. The molecule has 0 aliphatic heterocycles. The maximum atomic E-state index is 13.1. The van der Waals surface area contributed by atoms with E-state index >= 15 is 0 Å². The molecule has 0 fully saturated rings. The van der Waals surface area contributed by atoms with Gasteiger partial charge in [0.05, 0.1) is 28.9 Å². The van der Waals surface area contributed by atoms with Crippen LogP contribution in [0.2, 0.25) is 5.02 Å². The molecular weight excluding hydrogens is 475 g/mol. The summed E-state index contributed by atoms with van der Waals surface area (Å²) >= 11 is 5.62. The number of anilines is 1. The van der Waals surface area contributed by atoms with Crippen molar-refractivity contribution in [3.63, 3.8) is 0 Å². The van der Waals surface area contributed by atoms with Gasteiger partial charge in [0.1, 0.15) is 24.4 Å². The van der Waals surface area contributed by atoms with E-state index in [-0.39, 0.29) is 18.8 Å². The summed E-state index contributed by atoms with van der Waals surface area (Å²) < 4.78 is 46.0. The van der Waals surface area contributed by atoms with Crippen LogP contribution in [0.5, 0.6) is 0 Å². The van der Waals surface area contributed by atoms with Crippen LogP contribution in [0.4, 0.5) is 18.9 Å². The maximum absolute atomic E-state index is 13.1. The van der Waals surface area contributed by atoms with Crippen LogP contribution in [-0.4, -0.2) is 38.3 Å². The fraction of sp³-hybridized carbons (Fsp3) is 0.182. The quantitative estimate of drug-likeness (QED) is 0.414. The molecule has 4 aromatic rings. The lowest BCUT2D eigenvalue weighted by Gasteiger charge is -2.21. The number of hydrogen-bond donors (Lipinski definition) is 1. The Balaban J connectivity index is 1.51. The molecule has 2 aromatic heterocycles. The van der Waals surface area contributed by atoms with Crippen LogP contribution in [0.1, 0.15) is 11.3 Å². The molecule has 0 spiro atoms. The van der Waals surface area contributed by atoms with Gasteiger partial charge in [0.2, 0.25) is 11.8 Å². The lowest BCUT2D eigenvalue weighted by atomic mass is 10.2. The van der Waals surface area contributed by atoms with Crippen LogP contribution >= 0.6 is 11.6 Å². The monoisotopic (exact) mass is 491 g/mol. The molecule has 0 atom stereocenters. The fourth-order valence-corrected chi connectivity index (χ4v) is 3.50. The Hall–Kier alpha value is -3.86. The molecule has 0 saturated carbocycles. The molecule has 0 unspecified atom stereocenters. The van der Waals surface area contributed by atoms with E-state index in [0.717, 1.165) is 12.1 Å². The zero-order chi connectivity index (χ0) is 24.3. The van der Waals surface area contributed by atoms with Gasteiger partial charge in [-0.1, -0.05) is 28.9 Å². The van der Waals surface area contributed by atoms with Crippen molar-refractivity contribution in [3.05, 3.63) is 77.2 Å². The third kappa shape index (κ3) is 5.37. The molecule has 176 valence electrons. The van der Waals surface area contributed by atoms with Gasteiger partial charge in [0, 0.05) is 5.69 Å². The second-order valence-corrected chi connectivity index (χ2v) is 7.71. The summed E-state index contributed by atoms with van der Waals surface area (Å²) in [7, 11) is 0. The summed E-state index contributed by atoms with van der Waals surface area (Å²) in [6.45, 7) is -0.663. The minimum Gasteiger partial charge on any atom is -0.467 e. The largest absolute Gasteiger partial charge is 0.467 e. The maximum Gasteiger partial charge on any atom is 0.417 e. The number of hydrogen-bond acceptors (Lipinski definition) is 5. The Morgan fingerprint density at radius 2 is 1.91 bits per heavy atom. The van der Waals surface area contributed by atoms with Crippen molar-refractivity contribution in [1.82, 2.24) is 19.9 Å². The molecule has 2 aromatic carbocycles. The van der Waals surface area contributed by atoms with Gasteiger partial charge >= 0.3 is 6.18 Å². The van der Waals surface area contributed by atoms with Gasteiger partial charge in [-0.15, -0.1) is 5.10 Å². The fourth-order valence-electron chi connectivity index (χ4n) is 3.28. The number of benzene rings is 2. The summed E-state index contributed by atoms with van der Waals surface area (Å²) in [4.78, 5) is 26.9. The average Bonchev–Trinajstić information content (AvgIpc) is 3.44. The van der Waals surface area contributed by atoms with E-state index in [1.165, 1.54) is 21.9 Å². The molecule has 0 radical (unpaired) electrons. The topological polar surface area (TPSA) is 93.3 Å². The molecule has 8 nitrogen and oxygen atoms in total. The molecule has 0 saturated heterocycles. The smallest absolute Gasteiger partial charge is 0.417 e. The lowest BCUT2D eigenvalue weighted by molar-refractivity contribution is -0.137. The highest BCUT2D eigenvalue weighted by Crippen LogP contribution is 2.36. The average molecular weight is 492 g/mol. The highest BCUT2D eigenvalue weighted by atomic mass is 35.5. The molecule has 0 bridgehead atoms. The Bertz CT molecular complexity index is 1320. The van der Waals surface area contributed by atoms with Crippen LogP contribution in [0.25, 0.3) is 11.0 Å². The van der Waals surface area contributed by atoms with Crippen molar-refractivity contribution in [2.75, 3.05) is 11.9 Å². The molecular formula is C22H17ClF3N5O3. The Morgan fingerprint density at radius 1 is 1.12 bits per heavy atom. The van der Waals surface area contributed by atoms with Crippen molar-refractivity contribution in [1.29, 1.82) is 0 Å². The summed E-state index contributed by atoms with van der Waals surface area (Å²) in [5.41, 5.74) is 0.0656. The third-order valence-corrected chi connectivity index (χ3v) is 5.20. The first-order valence-electron chi connectivity index (χ1n) is 9.95. The zero-order valence-corrected chi connectivity index (χ0v) is 18.2. The molecule has 2 amide bonds. The van der Waals surface area contributed by atoms with Crippen molar-refractivity contribution >= 4 is 40.1 Å². The summed E-state index contributed by atoms with van der Waals surface area (Å²) in [5.74, 6) is -0.733. The number of aromatic nitrogens is 3. The van der Waals surface area contributed by atoms with Gasteiger partial charge in [-0.05, 0) is 42.5 Å². The predicted octanol–water partition coefficient (Wildman–Crippen LogP) is 4.36. The second-order valence-electron chi connectivity index (χ2n) is 7.31. The summed E-state index contributed by atoms with van der Waals surface area (Å²) in [6.07, 6.45) is -3.25. The molecule has 12 heteroatoms. The van der Waals surface area contributed by atoms with Crippen molar-refractivity contribution in [2.45, 2.75) is 19.3 Å². The van der Waals surface area contributed by atoms with Crippen LogP contribution in [-0.2, 0) is 28.9 Å².